The molecule has 1 amide bonds. The first-order valence-corrected chi connectivity index (χ1v) is 15.5. The molecule has 2 saturated heterocycles. The summed E-state index contributed by atoms with van der Waals surface area (Å²) >= 11 is 1.80. The predicted molar refractivity (Wildman–Crippen MR) is 162 cm³/mol. The number of hydrogen-bond donors (Lipinski definition) is 0. The smallest absolute Gasteiger partial charge is 0.260 e. The van der Waals surface area contributed by atoms with E-state index in [9.17, 15) is 9.18 Å². The van der Waals surface area contributed by atoms with Crippen molar-refractivity contribution in [1.29, 1.82) is 0 Å². The number of nitrogens with zero attached hydrogens (tertiary/aromatic N) is 5. The van der Waals surface area contributed by atoms with Crippen LogP contribution < -0.4 is 14.5 Å². The second kappa shape index (κ2) is 11.9. The maximum Gasteiger partial charge on any atom is 0.260 e. The molecule has 2 aromatic heterocycles. The molecule has 0 saturated carbocycles. The Balaban J connectivity index is 1.01. The summed E-state index contributed by atoms with van der Waals surface area (Å²) in [5.74, 6) is 2.00. The van der Waals surface area contributed by atoms with Gasteiger partial charge in [0.15, 0.2) is 6.61 Å². The number of anilines is 2. The molecule has 0 N–H and O–H groups in total. The largest absolute Gasteiger partial charge is 0.484 e. The third kappa shape index (κ3) is 5.53. The molecule has 2 aromatic carbocycles. The van der Waals surface area contributed by atoms with Crippen LogP contribution in [0.5, 0.6) is 5.75 Å². The first kappa shape index (κ1) is 27.1. The lowest BCUT2D eigenvalue weighted by Gasteiger charge is -2.37. The van der Waals surface area contributed by atoms with Gasteiger partial charge in [-0.25, -0.2) is 14.4 Å². The fourth-order valence-corrected chi connectivity index (χ4v) is 7.59. The lowest BCUT2D eigenvalue weighted by atomic mass is 9.83. The Morgan fingerprint density at radius 2 is 1.69 bits per heavy atom. The number of fused-ring (bicyclic) bond motifs is 3. The van der Waals surface area contributed by atoms with Gasteiger partial charge in [0.2, 0.25) is 0 Å². The zero-order chi connectivity index (χ0) is 28.5. The Morgan fingerprint density at radius 1 is 0.952 bits per heavy atom. The third-order valence-electron chi connectivity index (χ3n) is 8.67. The number of aromatic nitrogens is 2. The van der Waals surface area contributed by atoms with Crippen molar-refractivity contribution in [3.05, 3.63) is 76.7 Å². The van der Waals surface area contributed by atoms with Crippen molar-refractivity contribution in [1.82, 2.24) is 14.9 Å². The van der Waals surface area contributed by atoms with Gasteiger partial charge in [-0.3, -0.25) is 4.79 Å². The van der Waals surface area contributed by atoms with E-state index in [1.165, 1.54) is 33.5 Å². The Morgan fingerprint density at radius 3 is 2.45 bits per heavy atom. The van der Waals surface area contributed by atoms with Crippen LogP contribution in [0.4, 0.5) is 15.9 Å². The zero-order valence-electron chi connectivity index (χ0n) is 23.5. The van der Waals surface area contributed by atoms with Crippen molar-refractivity contribution in [2.75, 3.05) is 68.9 Å². The molecule has 4 aromatic rings. The van der Waals surface area contributed by atoms with Crippen LogP contribution in [0.25, 0.3) is 10.2 Å². The van der Waals surface area contributed by atoms with Gasteiger partial charge < -0.3 is 24.2 Å². The van der Waals surface area contributed by atoms with Gasteiger partial charge in [-0.1, -0.05) is 12.1 Å². The standard InChI is InChI=1S/C32H34FN5O3S/c33-24-4-6-25(7-5-24)36-11-13-38(14-12-36)31-30-27-10-3-23(19-28(27)42-32(30)35-21-34-31)22-1-8-26(9-2-22)41-20-29(39)37-15-17-40-18-16-37/h1-2,4-9,21,23H,3,10-20H2. The average molecular weight is 588 g/mol. The molecule has 8 nitrogen and oxygen atoms in total. The molecule has 1 unspecified atom stereocenters. The molecule has 10 heteroatoms. The minimum absolute atomic E-state index is 0.00387. The Hall–Kier alpha value is -3.76. The molecule has 218 valence electrons. The number of rotatable bonds is 6. The van der Waals surface area contributed by atoms with Crippen LogP contribution in [0.15, 0.2) is 54.9 Å². The number of carbonyl (C=O) groups is 1. The van der Waals surface area contributed by atoms with E-state index in [1.54, 1.807) is 22.6 Å². The second-order valence-electron chi connectivity index (χ2n) is 11.1. The van der Waals surface area contributed by atoms with Crippen LogP contribution in [-0.4, -0.2) is 79.9 Å². The van der Waals surface area contributed by atoms with E-state index in [2.05, 4.69) is 26.9 Å². The van der Waals surface area contributed by atoms with Crippen LogP contribution >= 0.6 is 11.3 Å². The normalized spacial score (nSPS) is 19.2. The van der Waals surface area contributed by atoms with Crippen molar-refractivity contribution in [2.24, 2.45) is 0 Å². The van der Waals surface area contributed by atoms with Gasteiger partial charge in [0.05, 0.1) is 18.6 Å². The highest BCUT2D eigenvalue weighted by Gasteiger charge is 2.28. The number of piperazine rings is 1. The molecular formula is C32H34FN5O3S. The molecule has 2 aliphatic heterocycles. The van der Waals surface area contributed by atoms with Crippen molar-refractivity contribution >= 4 is 39.0 Å². The fraction of sp³-hybridized carbons (Fsp3) is 0.406. The molecule has 3 aliphatic rings. The van der Waals surface area contributed by atoms with Crippen molar-refractivity contribution in [2.45, 2.75) is 25.2 Å². The summed E-state index contributed by atoms with van der Waals surface area (Å²) in [5.41, 5.74) is 3.77. The highest BCUT2D eigenvalue weighted by atomic mass is 32.1. The molecule has 2 fully saturated rings. The maximum absolute atomic E-state index is 13.4. The first-order chi connectivity index (χ1) is 20.6. The summed E-state index contributed by atoms with van der Waals surface area (Å²) in [6, 6.07) is 15.0. The third-order valence-corrected chi connectivity index (χ3v) is 9.84. The fourth-order valence-electron chi connectivity index (χ4n) is 6.33. The number of halogens is 1. The van der Waals surface area contributed by atoms with Gasteiger partial charge in [0.25, 0.3) is 5.91 Å². The van der Waals surface area contributed by atoms with Crippen LogP contribution in [0, 0.1) is 5.82 Å². The number of morpholine rings is 1. The predicted octanol–water partition coefficient (Wildman–Crippen LogP) is 4.67. The Kier molecular flexibility index (Phi) is 7.65. The van der Waals surface area contributed by atoms with Crippen LogP contribution in [-0.2, 0) is 22.4 Å². The molecule has 42 heavy (non-hydrogen) atoms. The molecule has 0 radical (unpaired) electrons. The topological polar surface area (TPSA) is 71.0 Å². The lowest BCUT2D eigenvalue weighted by Crippen LogP contribution is -2.47. The van der Waals surface area contributed by atoms with Gasteiger partial charge in [-0.05, 0) is 72.7 Å². The van der Waals surface area contributed by atoms with E-state index in [0.29, 0.717) is 32.2 Å². The Labute approximate surface area is 248 Å². The first-order valence-electron chi connectivity index (χ1n) is 14.7. The minimum Gasteiger partial charge on any atom is -0.484 e. The highest BCUT2D eigenvalue weighted by molar-refractivity contribution is 7.19. The highest BCUT2D eigenvalue weighted by Crippen LogP contribution is 2.43. The van der Waals surface area contributed by atoms with E-state index >= 15 is 0 Å². The number of benzene rings is 2. The van der Waals surface area contributed by atoms with E-state index in [0.717, 1.165) is 67.5 Å². The van der Waals surface area contributed by atoms with Crippen molar-refractivity contribution in [3.63, 3.8) is 0 Å². The van der Waals surface area contributed by atoms with Crippen LogP contribution in [0.3, 0.4) is 0 Å². The Bertz CT molecular complexity index is 1550. The quantitative estimate of drug-likeness (QED) is 0.325. The number of aryl methyl sites for hydroxylation is 1. The van der Waals surface area contributed by atoms with E-state index < -0.39 is 0 Å². The molecule has 0 bridgehead atoms. The molecular weight excluding hydrogens is 553 g/mol. The summed E-state index contributed by atoms with van der Waals surface area (Å²) in [6.45, 7) is 5.96. The number of thiophene rings is 1. The summed E-state index contributed by atoms with van der Waals surface area (Å²) in [4.78, 5) is 30.8. The molecule has 0 spiro atoms. The van der Waals surface area contributed by atoms with E-state index in [1.807, 2.05) is 24.3 Å². The van der Waals surface area contributed by atoms with Gasteiger partial charge in [-0.15, -0.1) is 11.3 Å². The SMILES string of the molecule is O=C(COc1ccc(C2CCc3c(sc4ncnc(N5CCN(c6ccc(F)cc6)CC5)c34)C2)cc1)N1CCOCC1. The monoisotopic (exact) mass is 587 g/mol. The number of carbonyl (C=O) groups excluding carboxylic acids is 1. The van der Waals surface area contributed by atoms with Gasteiger partial charge in [-0.2, -0.15) is 0 Å². The molecule has 1 atom stereocenters. The molecule has 7 rings (SSSR count). The second-order valence-corrected chi connectivity index (χ2v) is 12.2. The van der Waals surface area contributed by atoms with E-state index in [4.69, 9.17) is 14.5 Å². The lowest BCUT2D eigenvalue weighted by molar-refractivity contribution is -0.137. The van der Waals surface area contributed by atoms with Crippen molar-refractivity contribution < 1.29 is 18.7 Å². The number of amides is 1. The van der Waals surface area contributed by atoms with Gasteiger partial charge in [0.1, 0.15) is 28.5 Å². The van der Waals surface area contributed by atoms with Crippen LogP contribution in [0.2, 0.25) is 0 Å². The van der Waals surface area contributed by atoms with Crippen molar-refractivity contribution in [3.8, 4) is 5.75 Å². The van der Waals surface area contributed by atoms with E-state index in [-0.39, 0.29) is 18.3 Å². The summed E-state index contributed by atoms with van der Waals surface area (Å²) in [5, 5.41) is 1.22. The number of ether oxygens (including phenoxy) is 2. The maximum atomic E-state index is 13.4. The summed E-state index contributed by atoms with van der Waals surface area (Å²) in [7, 11) is 0. The summed E-state index contributed by atoms with van der Waals surface area (Å²) in [6.07, 6.45) is 4.76. The summed E-state index contributed by atoms with van der Waals surface area (Å²) < 4.78 is 24.5. The minimum atomic E-state index is -0.205. The zero-order valence-corrected chi connectivity index (χ0v) is 24.3. The van der Waals surface area contributed by atoms with Gasteiger partial charge >= 0.3 is 0 Å². The molecule has 4 heterocycles. The van der Waals surface area contributed by atoms with Crippen LogP contribution in [0.1, 0.15) is 28.3 Å². The number of hydrogen-bond acceptors (Lipinski definition) is 8. The van der Waals surface area contributed by atoms with Gasteiger partial charge in [0, 0.05) is 49.8 Å². The molecule has 1 aliphatic carbocycles. The average Bonchev–Trinajstić information content (AvgIpc) is 3.43.